The number of carbonyl (C=O) groups is 1. The van der Waals surface area contributed by atoms with Gasteiger partial charge in [-0.15, -0.1) is 0 Å². The van der Waals surface area contributed by atoms with Crippen molar-refractivity contribution in [3.63, 3.8) is 0 Å². The first-order valence-corrected chi connectivity index (χ1v) is 6.00. The Morgan fingerprint density at radius 3 is 2.88 bits per heavy atom. The van der Waals surface area contributed by atoms with E-state index in [0.29, 0.717) is 12.6 Å². The van der Waals surface area contributed by atoms with Crippen LogP contribution in [0.15, 0.2) is 0 Å². The van der Waals surface area contributed by atoms with Gasteiger partial charge in [0.15, 0.2) is 0 Å². The van der Waals surface area contributed by atoms with Gasteiger partial charge in [-0.25, -0.2) is 5.84 Å². The molecule has 1 amide bonds. The summed E-state index contributed by atoms with van der Waals surface area (Å²) in [6, 6.07) is 0.210. The summed E-state index contributed by atoms with van der Waals surface area (Å²) in [6.45, 7) is 2.18. The fourth-order valence-electron chi connectivity index (χ4n) is 2.29. The molecule has 17 heavy (non-hydrogen) atoms. The van der Waals surface area contributed by atoms with E-state index in [0.717, 1.165) is 19.5 Å². The molecule has 1 aliphatic heterocycles. The van der Waals surface area contributed by atoms with E-state index >= 15 is 0 Å². The lowest BCUT2D eigenvalue weighted by Crippen LogP contribution is -2.56. The fourth-order valence-corrected chi connectivity index (χ4v) is 2.29. The van der Waals surface area contributed by atoms with Gasteiger partial charge in [0.2, 0.25) is 0 Å². The van der Waals surface area contributed by atoms with E-state index in [1.165, 1.54) is 6.42 Å². The molecule has 2 unspecified atom stereocenters. The molecule has 0 radical (unpaired) electrons. The molecule has 0 saturated carbocycles. The van der Waals surface area contributed by atoms with E-state index in [9.17, 15) is 4.79 Å². The smallest absolute Gasteiger partial charge is 0.253 e. The maximum atomic E-state index is 11.7. The van der Waals surface area contributed by atoms with Crippen molar-refractivity contribution in [3.05, 3.63) is 0 Å². The summed E-state index contributed by atoms with van der Waals surface area (Å²) in [4.78, 5) is 16.1. The lowest BCUT2D eigenvalue weighted by atomic mass is 10.0. The minimum atomic E-state index is -0.284. The summed E-state index contributed by atoms with van der Waals surface area (Å²) in [7, 11) is 5.75. The molecule has 1 heterocycles. The van der Waals surface area contributed by atoms with Crippen LogP contribution in [0, 0.1) is 0 Å². The zero-order valence-electron chi connectivity index (χ0n) is 11.0. The van der Waals surface area contributed by atoms with Crippen LogP contribution in [0.25, 0.3) is 0 Å². The number of hydrogen-bond donors (Lipinski definition) is 2. The molecule has 3 N–H and O–H groups in total. The Labute approximate surface area is 103 Å². The molecule has 0 aromatic heterocycles. The zero-order valence-corrected chi connectivity index (χ0v) is 11.0. The minimum Gasteiger partial charge on any atom is -0.383 e. The van der Waals surface area contributed by atoms with Crippen molar-refractivity contribution in [2.75, 3.05) is 40.9 Å². The van der Waals surface area contributed by atoms with Crippen LogP contribution in [-0.2, 0) is 9.53 Å². The van der Waals surface area contributed by atoms with Crippen molar-refractivity contribution in [1.29, 1.82) is 0 Å². The van der Waals surface area contributed by atoms with Crippen LogP contribution in [0.3, 0.4) is 0 Å². The molecule has 1 fully saturated rings. The number of hydrazine groups is 1. The van der Waals surface area contributed by atoms with Crippen molar-refractivity contribution in [1.82, 2.24) is 15.2 Å². The Hall–Kier alpha value is -0.690. The highest BCUT2D eigenvalue weighted by molar-refractivity contribution is 5.81. The monoisotopic (exact) mass is 244 g/mol. The zero-order chi connectivity index (χ0) is 12.8. The molecule has 1 saturated heterocycles. The Balaban J connectivity index is 2.63. The third-order valence-electron chi connectivity index (χ3n) is 3.37. The number of nitrogens with one attached hydrogen (secondary N) is 1. The SMILES string of the molecule is COCC(C(=O)NN)N1CCCC(N(C)C)C1. The molecular weight excluding hydrogens is 220 g/mol. The topological polar surface area (TPSA) is 70.8 Å². The van der Waals surface area contributed by atoms with E-state index < -0.39 is 0 Å². The molecule has 6 nitrogen and oxygen atoms in total. The van der Waals surface area contributed by atoms with Crippen molar-refractivity contribution in [2.45, 2.75) is 24.9 Å². The number of piperidine rings is 1. The van der Waals surface area contributed by atoms with Crippen LogP contribution in [-0.4, -0.2) is 68.7 Å². The van der Waals surface area contributed by atoms with E-state index in [2.05, 4.69) is 29.3 Å². The number of ether oxygens (including phenoxy) is 1. The van der Waals surface area contributed by atoms with Crippen molar-refractivity contribution >= 4 is 5.91 Å². The Kier molecular flexibility index (Phi) is 5.84. The van der Waals surface area contributed by atoms with Crippen LogP contribution < -0.4 is 11.3 Å². The van der Waals surface area contributed by atoms with Crippen molar-refractivity contribution in [3.8, 4) is 0 Å². The fraction of sp³-hybridized carbons (Fsp3) is 0.909. The van der Waals surface area contributed by atoms with E-state index in [1.54, 1.807) is 7.11 Å². The van der Waals surface area contributed by atoms with E-state index in [4.69, 9.17) is 10.6 Å². The van der Waals surface area contributed by atoms with Gasteiger partial charge in [0.1, 0.15) is 6.04 Å². The normalized spacial score (nSPS) is 23.7. The van der Waals surface area contributed by atoms with Gasteiger partial charge < -0.3 is 9.64 Å². The lowest BCUT2D eigenvalue weighted by molar-refractivity contribution is -0.129. The van der Waals surface area contributed by atoms with Crippen LogP contribution in [0.5, 0.6) is 0 Å². The number of rotatable bonds is 5. The third kappa shape index (κ3) is 3.92. The first-order chi connectivity index (χ1) is 8.10. The maximum Gasteiger partial charge on any atom is 0.253 e. The predicted molar refractivity (Wildman–Crippen MR) is 66.3 cm³/mol. The molecule has 6 heteroatoms. The Bertz CT molecular complexity index is 248. The van der Waals surface area contributed by atoms with Crippen LogP contribution in [0.2, 0.25) is 0 Å². The Morgan fingerprint density at radius 1 is 1.65 bits per heavy atom. The third-order valence-corrected chi connectivity index (χ3v) is 3.37. The number of hydrogen-bond acceptors (Lipinski definition) is 5. The molecule has 0 aromatic carbocycles. The predicted octanol–water partition coefficient (Wildman–Crippen LogP) is -0.983. The van der Waals surface area contributed by atoms with Crippen LogP contribution in [0.1, 0.15) is 12.8 Å². The van der Waals surface area contributed by atoms with Crippen molar-refractivity contribution < 1.29 is 9.53 Å². The summed E-state index contributed by atoms with van der Waals surface area (Å²) in [5, 5.41) is 0. The van der Waals surface area contributed by atoms with Gasteiger partial charge in [-0.1, -0.05) is 0 Å². The van der Waals surface area contributed by atoms with Gasteiger partial charge in [0, 0.05) is 19.7 Å². The largest absolute Gasteiger partial charge is 0.383 e. The molecule has 0 aliphatic carbocycles. The van der Waals surface area contributed by atoms with E-state index in [1.807, 2.05) is 0 Å². The molecule has 0 aromatic rings. The van der Waals surface area contributed by atoms with Gasteiger partial charge in [-0.2, -0.15) is 0 Å². The summed E-state index contributed by atoms with van der Waals surface area (Å²) < 4.78 is 5.10. The summed E-state index contributed by atoms with van der Waals surface area (Å²) >= 11 is 0. The molecule has 2 atom stereocenters. The number of nitrogens with two attached hydrogens (primary N) is 1. The van der Waals surface area contributed by atoms with Gasteiger partial charge in [-0.3, -0.25) is 15.1 Å². The first kappa shape index (κ1) is 14.4. The summed E-state index contributed by atoms with van der Waals surface area (Å²) in [5.41, 5.74) is 2.22. The van der Waals surface area contributed by atoms with Gasteiger partial charge in [0.25, 0.3) is 5.91 Å². The van der Waals surface area contributed by atoms with Crippen molar-refractivity contribution in [2.24, 2.45) is 5.84 Å². The Morgan fingerprint density at radius 2 is 2.35 bits per heavy atom. The highest BCUT2D eigenvalue weighted by Crippen LogP contribution is 2.16. The number of likely N-dealkylation sites (tertiary alicyclic amines) is 1. The maximum absolute atomic E-state index is 11.7. The molecule has 100 valence electrons. The van der Waals surface area contributed by atoms with Crippen LogP contribution in [0.4, 0.5) is 0 Å². The molecule has 0 spiro atoms. The first-order valence-electron chi connectivity index (χ1n) is 6.00. The average molecular weight is 244 g/mol. The summed E-state index contributed by atoms with van der Waals surface area (Å²) in [5.74, 6) is 5.04. The average Bonchev–Trinajstić information content (AvgIpc) is 2.35. The van der Waals surface area contributed by atoms with Gasteiger partial charge in [-0.05, 0) is 33.5 Å². The number of likely N-dealkylation sites (N-methyl/N-ethyl adjacent to an activating group) is 1. The van der Waals surface area contributed by atoms with Crippen LogP contribution >= 0.6 is 0 Å². The molecular formula is C11H24N4O2. The highest BCUT2D eigenvalue weighted by Gasteiger charge is 2.30. The minimum absolute atomic E-state index is 0.175. The number of nitrogens with zero attached hydrogens (tertiary/aromatic N) is 2. The quantitative estimate of drug-likeness (QED) is 0.369. The standard InChI is InChI=1S/C11H24N4O2/c1-14(2)9-5-4-6-15(7-9)10(8-17-3)11(16)13-12/h9-10H,4-8,12H2,1-3H3,(H,13,16). The van der Waals surface area contributed by atoms with Gasteiger partial charge >= 0.3 is 0 Å². The second-order valence-electron chi connectivity index (χ2n) is 4.73. The van der Waals surface area contributed by atoms with E-state index in [-0.39, 0.29) is 11.9 Å². The molecule has 0 bridgehead atoms. The summed E-state index contributed by atoms with van der Waals surface area (Å²) in [6.07, 6.45) is 2.27. The number of carbonyl (C=O) groups excluding carboxylic acids is 1. The lowest BCUT2D eigenvalue weighted by Gasteiger charge is -2.39. The highest BCUT2D eigenvalue weighted by atomic mass is 16.5. The molecule has 1 aliphatic rings. The number of amides is 1. The number of methoxy groups -OCH3 is 1. The second kappa shape index (κ2) is 6.90. The molecule has 1 rings (SSSR count). The second-order valence-corrected chi connectivity index (χ2v) is 4.73. The van der Waals surface area contributed by atoms with Gasteiger partial charge in [0.05, 0.1) is 6.61 Å².